The summed E-state index contributed by atoms with van der Waals surface area (Å²) in [5, 5.41) is 20.0. The maximum Gasteiger partial charge on any atom is 0.204 e. The van der Waals surface area contributed by atoms with E-state index in [-0.39, 0.29) is 39.2 Å². The SMILES string of the molecule is COc1cc(O)c2c(=O)c3cc(OC)c(O)cc3oc2c1. The third-order valence-corrected chi connectivity index (χ3v) is 3.26. The lowest BCUT2D eigenvalue weighted by atomic mass is 10.1. The summed E-state index contributed by atoms with van der Waals surface area (Å²) in [6, 6.07) is 5.51. The van der Waals surface area contributed by atoms with Gasteiger partial charge in [-0.05, 0) is 6.07 Å². The fourth-order valence-corrected chi connectivity index (χ4v) is 2.23. The smallest absolute Gasteiger partial charge is 0.204 e. The highest BCUT2D eigenvalue weighted by molar-refractivity contribution is 5.94. The molecule has 3 rings (SSSR count). The molecule has 0 aliphatic heterocycles. The van der Waals surface area contributed by atoms with Crippen molar-refractivity contribution in [2.45, 2.75) is 0 Å². The van der Waals surface area contributed by atoms with E-state index in [4.69, 9.17) is 13.9 Å². The van der Waals surface area contributed by atoms with Crippen molar-refractivity contribution in [2.24, 2.45) is 0 Å². The van der Waals surface area contributed by atoms with Crippen LogP contribution in [0.15, 0.2) is 33.5 Å². The number of hydrogen-bond donors (Lipinski definition) is 2. The van der Waals surface area contributed by atoms with Crippen LogP contribution in [0.2, 0.25) is 0 Å². The Bertz CT molecular complexity index is 910. The van der Waals surface area contributed by atoms with Crippen LogP contribution in [0.5, 0.6) is 23.0 Å². The molecule has 0 spiro atoms. The average molecular weight is 288 g/mol. The quantitative estimate of drug-likeness (QED) is 0.704. The van der Waals surface area contributed by atoms with Gasteiger partial charge in [-0.2, -0.15) is 0 Å². The minimum absolute atomic E-state index is 0.0519. The first-order valence-corrected chi connectivity index (χ1v) is 6.09. The van der Waals surface area contributed by atoms with E-state index >= 15 is 0 Å². The van der Waals surface area contributed by atoms with Gasteiger partial charge >= 0.3 is 0 Å². The Morgan fingerprint density at radius 1 is 0.952 bits per heavy atom. The van der Waals surface area contributed by atoms with E-state index in [0.717, 1.165) is 0 Å². The molecular weight excluding hydrogens is 276 g/mol. The second kappa shape index (κ2) is 4.59. The van der Waals surface area contributed by atoms with Crippen LogP contribution in [-0.2, 0) is 0 Å². The molecule has 0 aliphatic rings. The first-order valence-electron chi connectivity index (χ1n) is 6.09. The van der Waals surface area contributed by atoms with Gasteiger partial charge in [0.2, 0.25) is 5.43 Å². The second-order valence-electron chi connectivity index (χ2n) is 4.47. The maximum atomic E-state index is 12.5. The van der Waals surface area contributed by atoms with Crippen molar-refractivity contribution < 1.29 is 24.1 Å². The lowest BCUT2D eigenvalue weighted by molar-refractivity contribution is 0.374. The number of rotatable bonds is 2. The van der Waals surface area contributed by atoms with Crippen molar-refractivity contribution in [3.8, 4) is 23.0 Å². The molecule has 2 aromatic carbocycles. The molecule has 0 radical (unpaired) electrons. The predicted molar refractivity (Wildman–Crippen MR) is 76.4 cm³/mol. The summed E-state index contributed by atoms with van der Waals surface area (Å²) in [6.07, 6.45) is 0. The zero-order valence-corrected chi connectivity index (χ0v) is 11.3. The number of phenols is 2. The highest BCUT2D eigenvalue weighted by Crippen LogP contribution is 2.34. The van der Waals surface area contributed by atoms with Crippen molar-refractivity contribution in [1.82, 2.24) is 0 Å². The lowest BCUT2D eigenvalue weighted by Crippen LogP contribution is -2.03. The topological polar surface area (TPSA) is 89.1 Å². The van der Waals surface area contributed by atoms with Crippen molar-refractivity contribution in [1.29, 1.82) is 0 Å². The highest BCUT2D eigenvalue weighted by Gasteiger charge is 2.15. The van der Waals surface area contributed by atoms with Crippen LogP contribution in [0.1, 0.15) is 0 Å². The summed E-state index contributed by atoms with van der Waals surface area (Å²) in [5.41, 5.74) is -0.0444. The molecule has 108 valence electrons. The van der Waals surface area contributed by atoms with E-state index in [0.29, 0.717) is 5.75 Å². The van der Waals surface area contributed by atoms with E-state index in [2.05, 4.69) is 0 Å². The van der Waals surface area contributed by atoms with Crippen molar-refractivity contribution in [3.63, 3.8) is 0 Å². The number of benzene rings is 2. The fraction of sp³-hybridized carbons (Fsp3) is 0.133. The van der Waals surface area contributed by atoms with Gasteiger partial charge in [-0.3, -0.25) is 4.79 Å². The number of methoxy groups -OCH3 is 2. The summed E-state index contributed by atoms with van der Waals surface area (Å²) in [5.74, 6) is 0.147. The van der Waals surface area contributed by atoms with Gasteiger partial charge in [0.15, 0.2) is 11.5 Å². The Hall–Kier alpha value is -2.89. The van der Waals surface area contributed by atoms with Crippen molar-refractivity contribution in [2.75, 3.05) is 14.2 Å². The molecule has 21 heavy (non-hydrogen) atoms. The maximum absolute atomic E-state index is 12.5. The van der Waals surface area contributed by atoms with Gasteiger partial charge in [-0.1, -0.05) is 0 Å². The lowest BCUT2D eigenvalue weighted by Gasteiger charge is -2.08. The Labute approximate surface area is 118 Å². The molecule has 6 heteroatoms. The Morgan fingerprint density at radius 2 is 1.71 bits per heavy atom. The van der Waals surface area contributed by atoms with Gasteiger partial charge in [0.1, 0.15) is 28.1 Å². The molecule has 2 N–H and O–H groups in total. The molecule has 6 nitrogen and oxygen atoms in total. The van der Waals surface area contributed by atoms with Gasteiger partial charge in [0.25, 0.3) is 0 Å². The van der Waals surface area contributed by atoms with Gasteiger partial charge in [0.05, 0.1) is 19.6 Å². The highest BCUT2D eigenvalue weighted by atomic mass is 16.5. The first-order chi connectivity index (χ1) is 10.0. The van der Waals surface area contributed by atoms with Crippen LogP contribution in [0, 0.1) is 0 Å². The monoisotopic (exact) mass is 288 g/mol. The third kappa shape index (κ3) is 1.92. The van der Waals surface area contributed by atoms with E-state index in [9.17, 15) is 15.0 Å². The minimum atomic E-state index is -0.412. The molecule has 3 aromatic rings. The summed E-state index contributed by atoms with van der Waals surface area (Å²) in [4.78, 5) is 12.5. The molecular formula is C15H12O6. The summed E-state index contributed by atoms with van der Waals surface area (Å²) in [7, 11) is 2.82. The minimum Gasteiger partial charge on any atom is -0.507 e. The van der Waals surface area contributed by atoms with Crippen LogP contribution < -0.4 is 14.9 Å². The van der Waals surface area contributed by atoms with Crippen LogP contribution >= 0.6 is 0 Å². The van der Waals surface area contributed by atoms with Crippen molar-refractivity contribution in [3.05, 3.63) is 34.5 Å². The molecule has 0 saturated heterocycles. The summed E-state index contributed by atoms with van der Waals surface area (Å²) >= 11 is 0. The molecule has 0 atom stereocenters. The standard InChI is InChI=1S/C15H12O6/c1-19-7-3-10(17)14-13(4-7)21-11-6-9(16)12(20-2)5-8(11)15(14)18/h3-6,16-17H,1-2H3. The molecule has 0 unspecified atom stereocenters. The van der Waals surface area contributed by atoms with Crippen LogP contribution in [-0.4, -0.2) is 24.4 Å². The van der Waals surface area contributed by atoms with Gasteiger partial charge < -0.3 is 24.1 Å². The molecule has 0 amide bonds. The number of hydrogen-bond acceptors (Lipinski definition) is 6. The first kappa shape index (κ1) is 13.1. The molecule has 1 aromatic heterocycles. The van der Waals surface area contributed by atoms with Crippen LogP contribution in [0.3, 0.4) is 0 Å². The molecule has 1 heterocycles. The molecule has 0 aliphatic carbocycles. The third-order valence-electron chi connectivity index (χ3n) is 3.26. The van der Waals surface area contributed by atoms with Crippen LogP contribution in [0.4, 0.5) is 0 Å². The number of ether oxygens (including phenoxy) is 2. The molecule has 0 fully saturated rings. The number of phenolic OH excluding ortho intramolecular Hbond substituents is 2. The van der Waals surface area contributed by atoms with Crippen LogP contribution in [0.25, 0.3) is 21.9 Å². The Balaban J connectivity index is 2.49. The zero-order chi connectivity index (χ0) is 15.1. The number of fused-ring (bicyclic) bond motifs is 2. The van der Waals surface area contributed by atoms with Gasteiger partial charge in [-0.25, -0.2) is 0 Å². The summed E-state index contributed by atoms with van der Waals surface area (Å²) < 4.78 is 15.6. The number of aromatic hydroxyl groups is 2. The van der Waals surface area contributed by atoms with E-state index < -0.39 is 5.43 Å². The van der Waals surface area contributed by atoms with Gasteiger partial charge in [0, 0.05) is 18.2 Å². The van der Waals surface area contributed by atoms with Crippen molar-refractivity contribution >= 4 is 21.9 Å². The largest absolute Gasteiger partial charge is 0.507 e. The average Bonchev–Trinajstić information content (AvgIpc) is 2.46. The van der Waals surface area contributed by atoms with E-state index in [1.54, 1.807) is 0 Å². The van der Waals surface area contributed by atoms with E-state index in [1.165, 1.54) is 38.5 Å². The normalized spacial score (nSPS) is 11.0. The Morgan fingerprint density at radius 3 is 2.38 bits per heavy atom. The van der Waals surface area contributed by atoms with E-state index in [1.807, 2.05) is 0 Å². The van der Waals surface area contributed by atoms with Gasteiger partial charge in [-0.15, -0.1) is 0 Å². The predicted octanol–water partition coefficient (Wildman–Crippen LogP) is 2.37. The zero-order valence-electron chi connectivity index (χ0n) is 11.3. The molecule has 0 saturated carbocycles. The molecule has 0 bridgehead atoms. The Kier molecular flexibility index (Phi) is 2.86. The second-order valence-corrected chi connectivity index (χ2v) is 4.47. The fourth-order valence-electron chi connectivity index (χ4n) is 2.23. The summed E-state index contributed by atoms with van der Waals surface area (Å²) in [6.45, 7) is 0.